The van der Waals surface area contributed by atoms with Crippen molar-refractivity contribution in [2.24, 2.45) is 4.99 Å². The summed E-state index contributed by atoms with van der Waals surface area (Å²) in [7, 11) is 0. The van der Waals surface area contributed by atoms with Crippen molar-refractivity contribution in [3.63, 3.8) is 0 Å². The highest BCUT2D eigenvalue weighted by Crippen LogP contribution is 2.41. The Balaban J connectivity index is 1.96. The first-order chi connectivity index (χ1) is 14.1. The Hall–Kier alpha value is -3.13. The molecule has 0 amide bonds. The van der Waals surface area contributed by atoms with Gasteiger partial charge in [0.15, 0.2) is 5.76 Å². The van der Waals surface area contributed by atoms with Crippen molar-refractivity contribution in [3.8, 4) is 11.1 Å². The number of aliphatic imine (C=N–C) groups is 1. The summed E-state index contributed by atoms with van der Waals surface area (Å²) in [5.41, 5.74) is 2.32. The SMILES string of the molecule is Cc1noc2c1-c1ccc(Cl)cc1C(c1ccc(C(F)(F)F)cc1)=N[C@H]2CC(=O)O. The third-order valence-electron chi connectivity index (χ3n) is 4.84. The first-order valence-electron chi connectivity index (χ1n) is 8.89. The number of carboxylic acids is 1. The molecule has 30 heavy (non-hydrogen) atoms. The molecule has 0 radical (unpaired) electrons. The molecule has 0 unspecified atom stereocenters. The molecule has 3 aromatic rings. The minimum atomic E-state index is -4.47. The van der Waals surface area contributed by atoms with Gasteiger partial charge in [0.2, 0.25) is 0 Å². The molecule has 0 spiro atoms. The average molecular weight is 435 g/mol. The Morgan fingerprint density at radius 3 is 2.50 bits per heavy atom. The van der Waals surface area contributed by atoms with E-state index in [2.05, 4.69) is 10.1 Å². The molecule has 1 N–H and O–H groups in total. The highest BCUT2D eigenvalue weighted by molar-refractivity contribution is 6.31. The van der Waals surface area contributed by atoms with E-state index in [4.69, 9.17) is 16.1 Å². The molecule has 2 aromatic carbocycles. The van der Waals surface area contributed by atoms with Gasteiger partial charge in [0, 0.05) is 16.1 Å². The number of alkyl halides is 3. The van der Waals surface area contributed by atoms with E-state index in [1.165, 1.54) is 12.1 Å². The maximum Gasteiger partial charge on any atom is 0.416 e. The number of carbonyl (C=O) groups is 1. The smallest absolute Gasteiger partial charge is 0.416 e. The van der Waals surface area contributed by atoms with E-state index in [1.54, 1.807) is 25.1 Å². The van der Waals surface area contributed by atoms with E-state index in [-0.39, 0.29) is 6.42 Å². The summed E-state index contributed by atoms with van der Waals surface area (Å²) in [6.45, 7) is 1.72. The predicted molar refractivity (Wildman–Crippen MR) is 104 cm³/mol. The van der Waals surface area contributed by atoms with Crippen molar-refractivity contribution in [2.45, 2.75) is 25.6 Å². The standard InChI is InChI=1S/C21H14ClF3N2O3/c1-10-18-14-7-6-13(22)8-15(14)19(11-2-4-12(5-3-11)21(23,24)25)26-16(9-17(28)29)20(18)30-27-10/h2-8,16H,9H2,1H3,(H,28,29)/t16-/m0/s1. The fourth-order valence-electron chi connectivity index (χ4n) is 3.51. The molecule has 1 atom stereocenters. The molecule has 1 aliphatic rings. The fraction of sp³-hybridized carbons (Fsp3) is 0.190. The van der Waals surface area contributed by atoms with Gasteiger partial charge in [-0.25, -0.2) is 0 Å². The highest BCUT2D eigenvalue weighted by atomic mass is 35.5. The third kappa shape index (κ3) is 3.59. The van der Waals surface area contributed by atoms with Crippen LogP contribution in [0.2, 0.25) is 5.02 Å². The summed E-state index contributed by atoms with van der Waals surface area (Å²) < 4.78 is 44.3. The Bertz CT molecular complexity index is 1170. The number of nitrogens with zero attached hydrogens (tertiary/aromatic N) is 2. The van der Waals surface area contributed by atoms with Gasteiger partial charge in [0.25, 0.3) is 0 Å². The lowest BCUT2D eigenvalue weighted by atomic mass is 9.92. The predicted octanol–water partition coefficient (Wildman–Crippen LogP) is 5.69. The Labute approximate surface area is 173 Å². The molecule has 0 bridgehead atoms. The molecular formula is C21H14ClF3N2O3. The zero-order chi connectivity index (χ0) is 21.6. The van der Waals surface area contributed by atoms with Crippen LogP contribution < -0.4 is 0 Å². The van der Waals surface area contributed by atoms with Gasteiger partial charge in [-0.05, 0) is 36.8 Å². The average Bonchev–Trinajstić information content (AvgIpc) is 2.99. The van der Waals surface area contributed by atoms with Crippen molar-refractivity contribution >= 4 is 23.3 Å². The van der Waals surface area contributed by atoms with Crippen molar-refractivity contribution < 1.29 is 27.6 Å². The number of aryl methyl sites for hydroxylation is 1. The van der Waals surface area contributed by atoms with Crippen LogP contribution in [-0.2, 0) is 11.0 Å². The van der Waals surface area contributed by atoms with Crippen LogP contribution in [-0.4, -0.2) is 21.9 Å². The topological polar surface area (TPSA) is 75.7 Å². The number of halogens is 4. The summed E-state index contributed by atoms with van der Waals surface area (Å²) in [6.07, 6.45) is -4.84. The second kappa shape index (κ2) is 7.28. The van der Waals surface area contributed by atoms with Crippen molar-refractivity contribution in [1.82, 2.24) is 5.16 Å². The van der Waals surface area contributed by atoms with Gasteiger partial charge < -0.3 is 9.63 Å². The summed E-state index contributed by atoms with van der Waals surface area (Å²) in [5, 5.41) is 13.7. The van der Waals surface area contributed by atoms with Crippen LogP contribution in [0.5, 0.6) is 0 Å². The van der Waals surface area contributed by atoms with Crippen LogP contribution in [0.25, 0.3) is 11.1 Å². The largest absolute Gasteiger partial charge is 0.481 e. The Kier molecular flexibility index (Phi) is 4.89. The monoisotopic (exact) mass is 434 g/mol. The van der Waals surface area contributed by atoms with Crippen LogP contribution in [0.15, 0.2) is 52.0 Å². The fourth-order valence-corrected chi connectivity index (χ4v) is 3.68. The molecule has 0 aliphatic carbocycles. The number of fused-ring (bicyclic) bond motifs is 3. The minimum absolute atomic E-state index is 0.292. The zero-order valence-electron chi connectivity index (χ0n) is 15.5. The molecule has 0 fully saturated rings. The van der Waals surface area contributed by atoms with Crippen molar-refractivity contribution in [1.29, 1.82) is 0 Å². The van der Waals surface area contributed by atoms with E-state index in [9.17, 15) is 23.1 Å². The van der Waals surface area contributed by atoms with Crippen molar-refractivity contribution in [3.05, 3.63) is 75.6 Å². The normalized spacial score (nSPS) is 15.8. The minimum Gasteiger partial charge on any atom is -0.481 e. The van der Waals surface area contributed by atoms with Gasteiger partial charge in [0.05, 0.1) is 29.0 Å². The first-order valence-corrected chi connectivity index (χ1v) is 9.26. The molecule has 5 nitrogen and oxygen atoms in total. The van der Waals surface area contributed by atoms with Crippen LogP contribution >= 0.6 is 11.6 Å². The van der Waals surface area contributed by atoms with E-state index in [1.807, 2.05) is 0 Å². The lowest BCUT2D eigenvalue weighted by molar-refractivity contribution is -0.138. The summed E-state index contributed by atoms with van der Waals surface area (Å²) in [4.78, 5) is 16.0. The summed E-state index contributed by atoms with van der Waals surface area (Å²) in [6, 6.07) is 8.69. The summed E-state index contributed by atoms with van der Waals surface area (Å²) in [5.74, 6) is -0.806. The summed E-state index contributed by atoms with van der Waals surface area (Å²) >= 11 is 6.19. The lowest BCUT2D eigenvalue weighted by Gasteiger charge is -2.13. The Morgan fingerprint density at radius 2 is 1.87 bits per heavy atom. The second-order valence-electron chi connectivity index (χ2n) is 6.86. The third-order valence-corrected chi connectivity index (χ3v) is 5.07. The quantitative estimate of drug-likeness (QED) is 0.574. The van der Waals surface area contributed by atoms with Crippen LogP contribution in [0, 0.1) is 6.92 Å². The van der Waals surface area contributed by atoms with Crippen molar-refractivity contribution in [2.75, 3.05) is 0 Å². The van der Waals surface area contributed by atoms with E-state index < -0.39 is 23.8 Å². The number of aliphatic carboxylic acids is 1. The number of carboxylic acid groups (broad SMARTS) is 1. The van der Waals surface area contributed by atoms with E-state index in [0.29, 0.717) is 44.4 Å². The molecule has 4 rings (SSSR count). The number of hydrogen-bond donors (Lipinski definition) is 1. The number of rotatable bonds is 3. The van der Waals surface area contributed by atoms with E-state index in [0.717, 1.165) is 12.1 Å². The van der Waals surface area contributed by atoms with Gasteiger partial charge >= 0.3 is 12.1 Å². The molecule has 1 aromatic heterocycles. The first kappa shape index (κ1) is 20.2. The zero-order valence-corrected chi connectivity index (χ0v) is 16.3. The maximum absolute atomic E-state index is 13.0. The number of aromatic nitrogens is 1. The molecule has 154 valence electrons. The van der Waals surface area contributed by atoms with Gasteiger partial charge in [-0.15, -0.1) is 0 Å². The van der Waals surface area contributed by atoms with E-state index >= 15 is 0 Å². The van der Waals surface area contributed by atoms with Crippen LogP contribution in [0.4, 0.5) is 13.2 Å². The second-order valence-corrected chi connectivity index (χ2v) is 7.30. The molecule has 2 heterocycles. The maximum atomic E-state index is 13.0. The van der Waals surface area contributed by atoms with Crippen LogP contribution in [0.3, 0.4) is 0 Å². The number of hydrogen-bond acceptors (Lipinski definition) is 4. The highest BCUT2D eigenvalue weighted by Gasteiger charge is 2.33. The van der Waals surface area contributed by atoms with Gasteiger partial charge in [-0.2, -0.15) is 13.2 Å². The van der Waals surface area contributed by atoms with Gasteiger partial charge in [0.1, 0.15) is 6.04 Å². The van der Waals surface area contributed by atoms with Gasteiger partial charge in [-0.3, -0.25) is 9.79 Å². The molecule has 0 saturated carbocycles. The lowest BCUT2D eigenvalue weighted by Crippen LogP contribution is -2.10. The van der Waals surface area contributed by atoms with Crippen LogP contribution in [0.1, 0.15) is 40.6 Å². The molecule has 0 saturated heterocycles. The molecule has 1 aliphatic heterocycles. The Morgan fingerprint density at radius 1 is 1.17 bits per heavy atom. The number of benzene rings is 2. The molecule has 9 heteroatoms. The molecular weight excluding hydrogens is 421 g/mol. The van der Waals surface area contributed by atoms with Gasteiger partial charge in [-0.1, -0.05) is 35.0 Å².